The normalized spacial score (nSPS) is 12.1. The Kier molecular flexibility index (Phi) is 4.76. The molecular weight excluding hydrogens is 375 g/mol. The number of thiazole rings is 1. The Balaban J connectivity index is 2.00. The Labute approximate surface area is 129 Å². The van der Waals surface area contributed by atoms with Gasteiger partial charge >= 0.3 is 0 Å². The second-order valence-corrected chi connectivity index (χ2v) is 6.31. The van der Waals surface area contributed by atoms with Gasteiger partial charge in [0.15, 0.2) is 0 Å². The minimum atomic E-state index is -0.264. The van der Waals surface area contributed by atoms with E-state index >= 15 is 0 Å². The minimum Gasteiger partial charge on any atom is -0.507 e. The van der Waals surface area contributed by atoms with Gasteiger partial charge in [-0.05, 0) is 40.8 Å². The average Bonchev–Trinajstić information content (AvgIpc) is 2.92. The van der Waals surface area contributed by atoms with Crippen molar-refractivity contribution >= 4 is 39.8 Å². The molecule has 0 aliphatic heterocycles. The lowest BCUT2D eigenvalue weighted by Gasteiger charge is -2.11. The summed E-state index contributed by atoms with van der Waals surface area (Å²) in [6, 6.07) is 4.95. The molecule has 1 aromatic carbocycles. The molecule has 0 radical (unpaired) electrons. The van der Waals surface area contributed by atoms with E-state index in [0.29, 0.717) is 12.1 Å². The topological polar surface area (TPSA) is 62.2 Å². The highest BCUT2D eigenvalue weighted by Gasteiger charge is 2.14. The van der Waals surface area contributed by atoms with E-state index in [4.69, 9.17) is 0 Å². The molecule has 2 rings (SSSR count). The van der Waals surface area contributed by atoms with E-state index in [-0.39, 0.29) is 17.6 Å². The fourth-order valence-electron chi connectivity index (χ4n) is 1.60. The molecule has 19 heavy (non-hydrogen) atoms. The van der Waals surface area contributed by atoms with Crippen LogP contribution in [0, 0.1) is 3.57 Å². The van der Waals surface area contributed by atoms with Gasteiger partial charge in [0.25, 0.3) is 5.91 Å². The van der Waals surface area contributed by atoms with E-state index in [1.807, 2.05) is 12.3 Å². The van der Waals surface area contributed by atoms with E-state index < -0.39 is 0 Å². The lowest BCUT2D eigenvalue weighted by atomic mass is 10.1. The zero-order valence-electron chi connectivity index (χ0n) is 10.3. The number of rotatable bonds is 4. The maximum atomic E-state index is 12.0. The lowest BCUT2D eigenvalue weighted by molar-refractivity contribution is 0.0949. The quantitative estimate of drug-likeness (QED) is 0.792. The van der Waals surface area contributed by atoms with Crippen LogP contribution < -0.4 is 5.32 Å². The third-order valence-corrected chi connectivity index (χ3v) is 4.32. The predicted molar refractivity (Wildman–Crippen MR) is 83.7 cm³/mol. The first-order valence-corrected chi connectivity index (χ1v) is 7.70. The first-order valence-electron chi connectivity index (χ1n) is 5.74. The number of hydrogen-bond donors (Lipinski definition) is 2. The van der Waals surface area contributed by atoms with Gasteiger partial charge in [0.1, 0.15) is 5.75 Å². The zero-order chi connectivity index (χ0) is 13.8. The van der Waals surface area contributed by atoms with Crippen molar-refractivity contribution in [3.05, 3.63) is 43.9 Å². The number of aromatic hydroxyl groups is 1. The third kappa shape index (κ3) is 3.66. The molecule has 0 saturated heterocycles. The summed E-state index contributed by atoms with van der Waals surface area (Å²) in [4.78, 5) is 16.2. The van der Waals surface area contributed by atoms with Gasteiger partial charge in [-0.25, -0.2) is 4.98 Å². The number of nitrogens with one attached hydrogen (secondary N) is 1. The number of phenols is 1. The number of amides is 1. The maximum Gasteiger partial charge on any atom is 0.255 e. The van der Waals surface area contributed by atoms with Gasteiger partial charge in [0.2, 0.25) is 0 Å². The van der Waals surface area contributed by atoms with Crippen LogP contribution in [-0.2, 0) is 0 Å². The second-order valence-electron chi connectivity index (χ2n) is 4.14. The van der Waals surface area contributed by atoms with Crippen molar-refractivity contribution < 1.29 is 9.90 Å². The van der Waals surface area contributed by atoms with Gasteiger partial charge in [-0.2, -0.15) is 0 Å². The van der Waals surface area contributed by atoms with Gasteiger partial charge in [0.05, 0.1) is 10.6 Å². The highest BCUT2D eigenvalue weighted by atomic mass is 127. The van der Waals surface area contributed by atoms with Crippen LogP contribution in [0.15, 0.2) is 29.8 Å². The van der Waals surface area contributed by atoms with Crippen molar-refractivity contribution in [3.63, 3.8) is 0 Å². The molecule has 2 aromatic rings. The molecule has 1 atom stereocenters. The summed E-state index contributed by atoms with van der Waals surface area (Å²) < 4.78 is 0.911. The fourth-order valence-corrected chi connectivity index (χ4v) is 2.79. The average molecular weight is 388 g/mol. The van der Waals surface area contributed by atoms with Gasteiger partial charge < -0.3 is 10.4 Å². The predicted octanol–water partition coefficient (Wildman–Crippen LogP) is 2.99. The lowest BCUT2D eigenvalue weighted by Crippen LogP contribution is -2.27. The number of phenolic OH excluding ortho intramolecular Hbond substituents is 1. The van der Waals surface area contributed by atoms with Crippen LogP contribution in [0.25, 0.3) is 0 Å². The summed E-state index contributed by atoms with van der Waals surface area (Å²) in [5, 5.41) is 15.4. The van der Waals surface area contributed by atoms with Gasteiger partial charge in [0, 0.05) is 27.6 Å². The number of aromatic nitrogens is 1. The summed E-state index contributed by atoms with van der Waals surface area (Å²) in [7, 11) is 0. The summed E-state index contributed by atoms with van der Waals surface area (Å²) in [5.74, 6) is -0.104. The Hall–Kier alpha value is -1.15. The van der Waals surface area contributed by atoms with Crippen LogP contribution in [0.1, 0.15) is 28.2 Å². The standard InChI is InChI=1S/C13H13IN2O2S/c1-8(13-15-4-5-19-13)7-16-12(18)10-6-9(14)2-3-11(10)17/h2-6,8,17H,7H2,1H3,(H,16,18). The Bertz CT molecular complexity index is 572. The Morgan fingerprint density at radius 2 is 2.37 bits per heavy atom. The molecule has 1 aromatic heterocycles. The third-order valence-electron chi connectivity index (χ3n) is 2.65. The van der Waals surface area contributed by atoms with Crippen molar-refractivity contribution in [2.75, 3.05) is 6.54 Å². The number of benzene rings is 1. The van der Waals surface area contributed by atoms with Crippen LogP contribution in [-0.4, -0.2) is 22.5 Å². The highest BCUT2D eigenvalue weighted by molar-refractivity contribution is 14.1. The van der Waals surface area contributed by atoms with Gasteiger partial charge in [-0.3, -0.25) is 4.79 Å². The molecule has 0 aliphatic rings. The molecule has 0 saturated carbocycles. The number of carbonyl (C=O) groups excluding carboxylic acids is 1. The molecule has 1 amide bonds. The molecule has 6 heteroatoms. The van der Waals surface area contributed by atoms with Crippen molar-refractivity contribution in [2.45, 2.75) is 12.8 Å². The molecule has 100 valence electrons. The fraction of sp³-hybridized carbons (Fsp3) is 0.231. The number of hydrogen-bond acceptors (Lipinski definition) is 4. The Morgan fingerprint density at radius 3 is 3.05 bits per heavy atom. The monoisotopic (exact) mass is 388 g/mol. The molecule has 0 fully saturated rings. The molecule has 0 bridgehead atoms. The minimum absolute atomic E-state index is 0.000169. The molecule has 1 unspecified atom stereocenters. The highest BCUT2D eigenvalue weighted by Crippen LogP contribution is 2.20. The summed E-state index contributed by atoms with van der Waals surface area (Å²) >= 11 is 3.68. The van der Waals surface area contributed by atoms with Crippen LogP contribution in [0.4, 0.5) is 0 Å². The van der Waals surface area contributed by atoms with Crippen LogP contribution in [0.2, 0.25) is 0 Å². The van der Waals surface area contributed by atoms with E-state index in [9.17, 15) is 9.90 Å². The smallest absolute Gasteiger partial charge is 0.255 e. The molecule has 2 N–H and O–H groups in total. The van der Waals surface area contributed by atoms with Crippen molar-refractivity contribution in [2.24, 2.45) is 0 Å². The number of nitrogens with zero attached hydrogens (tertiary/aromatic N) is 1. The van der Waals surface area contributed by atoms with E-state index in [2.05, 4.69) is 32.9 Å². The van der Waals surface area contributed by atoms with Crippen LogP contribution in [0.5, 0.6) is 5.75 Å². The number of carbonyl (C=O) groups is 1. The molecular formula is C13H13IN2O2S. The Morgan fingerprint density at radius 1 is 1.58 bits per heavy atom. The summed E-state index contributed by atoms with van der Waals surface area (Å²) in [6.07, 6.45) is 1.75. The van der Waals surface area contributed by atoms with E-state index in [0.717, 1.165) is 8.58 Å². The van der Waals surface area contributed by atoms with Crippen molar-refractivity contribution in [1.82, 2.24) is 10.3 Å². The first kappa shape index (κ1) is 14.3. The van der Waals surface area contributed by atoms with E-state index in [1.54, 1.807) is 29.7 Å². The number of halogens is 1. The molecule has 1 heterocycles. The summed E-state index contributed by atoms with van der Waals surface area (Å²) in [5.41, 5.74) is 0.304. The largest absolute Gasteiger partial charge is 0.507 e. The second kappa shape index (κ2) is 6.33. The van der Waals surface area contributed by atoms with Gasteiger partial charge in [-0.15, -0.1) is 11.3 Å². The molecule has 0 aliphatic carbocycles. The first-order chi connectivity index (χ1) is 9.08. The van der Waals surface area contributed by atoms with Crippen LogP contribution in [0.3, 0.4) is 0 Å². The van der Waals surface area contributed by atoms with Crippen LogP contribution >= 0.6 is 33.9 Å². The molecule has 4 nitrogen and oxygen atoms in total. The SMILES string of the molecule is CC(CNC(=O)c1cc(I)ccc1O)c1nccs1. The summed E-state index contributed by atoms with van der Waals surface area (Å²) in [6.45, 7) is 2.50. The molecule has 0 spiro atoms. The van der Waals surface area contributed by atoms with E-state index in [1.165, 1.54) is 6.07 Å². The van der Waals surface area contributed by atoms with Gasteiger partial charge in [-0.1, -0.05) is 6.92 Å². The zero-order valence-corrected chi connectivity index (χ0v) is 13.2. The van der Waals surface area contributed by atoms with Crippen molar-refractivity contribution in [3.8, 4) is 5.75 Å². The van der Waals surface area contributed by atoms with Crippen molar-refractivity contribution in [1.29, 1.82) is 0 Å². The maximum absolute atomic E-state index is 12.0.